The number of ether oxygens (including phenoxy) is 1. The number of nitrogens with two attached hydrogens (primary N) is 1. The zero-order valence-electron chi connectivity index (χ0n) is 12.9. The normalized spacial score (nSPS) is 16.3. The van der Waals surface area contributed by atoms with Crippen LogP contribution in [-0.2, 0) is 9.53 Å². The molecule has 3 rings (SSSR count). The van der Waals surface area contributed by atoms with E-state index in [1.807, 2.05) is 25.1 Å². The van der Waals surface area contributed by atoms with E-state index in [9.17, 15) is 4.79 Å². The smallest absolute Gasteiger partial charge is 0.232 e. The lowest BCUT2D eigenvalue weighted by Gasteiger charge is -2.34. The van der Waals surface area contributed by atoms with Crippen molar-refractivity contribution in [2.45, 2.75) is 19.8 Å². The summed E-state index contributed by atoms with van der Waals surface area (Å²) in [4.78, 5) is 20.1. The van der Waals surface area contributed by atoms with Crippen molar-refractivity contribution >= 4 is 47.4 Å². The van der Waals surface area contributed by atoms with Gasteiger partial charge in [-0.05, 0) is 38.0 Å². The molecule has 0 atom stereocenters. The van der Waals surface area contributed by atoms with Crippen molar-refractivity contribution in [3.8, 4) is 0 Å². The first-order chi connectivity index (χ1) is 10.1. The lowest BCUT2D eigenvalue weighted by molar-refractivity contribution is -0.130. The molecule has 1 aliphatic heterocycles. The predicted octanol–water partition coefficient (Wildman–Crippen LogP) is 2.41. The second-order valence-electron chi connectivity index (χ2n) is 5.61. The van der Waals surface area contributed by atoms with E-state index in [1.165, 1.54) is 0 Å². The van der Waals surface area contributed by atoms with Gasteiger partial charge in [0, 0.05) is 25.4 Å². The van der Waals surface area contributed by atoms with Gasteiger partial charge in [0.1, 0.15) is 5.82 Å². The van der Waals surface area contributed by atoms with E-state index in [2.05, 4.69) is 15.3 Å². The van der Waals surface area contributed by atoms with Crippen LogP contribution in [0.15, 0.2) is 18.2 Å². The molecule has 1 aromatic carbocycles. The van der Waals surface area contributed by atoms with Crippen LogP contribution in [0.4, 0.5) is 5.69 Å². The number of carbonyl (C=O) groups is 1. The first kappa shape index (κ1) is 19.7. The Morgan fingerprint density at radius 1 is 1.39 bits per heavy atom. The molecule has 4 N–H and O–H groups in total. The van der Waals surface area contributed by atoms with E-state index < -0.39 is 5.41 Å². The minimum absolute atomic E-state index is 0. The van der Waals surface area contributed by atoms with Crippen molar-refractivity contribution < 1.29 is 9.53 Å². The van der Waals surface area contributed by atoms with Crippen LogP contribution in [0.3, 0.4) is 0 Å². The number of aromatic amines is 1. The fourth-order valence-electron chi connectivity index (χ4n) is 2.76. The van der Waals surface area contributed by atoms with Crippen LogP contribution >= 0.6 is 24.8 Å². The van der Waals surface area contributed by atoms with Gasteiger partial charge in [0.2, 0.25) is 5.91 Å². The molecular formula is C15H22Cl2N4O2. The summed E-state index contributed by atoms with van der Waals surface area (Å²) in [5.74, 6) is 0.834. The molecule has 128 valence electrons. The van der Waals surface area contributed by atoms with Gasteiger partial charge in [0.05, 0.1) is 16.4 Å². The Hall–Kier alpha value is -1.34. The fourth-order valence-corrected chi connectivity index (χ4v) is 2.76. The lowest BCUT2D eigenvalue weighted by atomic mass is 9.79. The molecule has 0 bridgehead atoms. The molecule has 0 radical (unpaired) electrons. The van der Waals surface area contributed by atoms with Crippen LogP contribution in [-0.4, -0.2) is 35.6 Å². The lowest BCUT2D eigenvalue weighted by Crippen LogP contribution is -2.46. The molecule has 0 aliphatic carbocycles. The Morgan fingerprint density at radius 2 is 2.09 bits per heavy atom. The molecule has 1 amide bonds. The van der Waals surface area contributed by atoms with Crippen molar-refractivity contribution in [1.29, 1.82) is 0 Å². The topological polar surface area (TPSA) is 93.0 Å². The number of fused-ring (bicyclic) bond motifs is 1. The number of carbonyl (C=O) groups excluding carboxylic acids is 1. The van der Waals surface area contributed by atoms with Gasteiger partial charge < -0.3 is 20.8 Å². The van der Waals surface area contributed by atoms with Gasteiger partial charge in [-0.3, -0.25) is 4.79 Å². The van der Waals surface area contributed by atoms with Crippen LogP contribution in [0, 0.1) is 12.3 Å². The maximum atomic E-state index is 12.6. The Morgan fingerprint density at radius 3 is 2.74 bits per heavy atom. The summed E-state index contributed by atoms with van der Waals surface area (Å²) < 4.78 is 5.34. The van der Waals surface area contributed by atoms with Gasteiger partial charge in [0.25, 0.3) is 0 Å². The highest BCUT2D eigenvalue weighted by Gasteiger charge is 2.38. The van der Waals surface area contributed by atoms with Crippen molar-refractivity contribution in [1.82, 2.24) is 9.97 Å². The molecule has 0 saturated carbocycles. The average molecular weight is 361 g/mol. The zero-order chi connectivity index (χ0) is 14.9. The number of amides is 1. The quantitative estimate of drug-likeness (QED) is 0.783. The molecule has 0 spiro atoms. The van der Waals surface area contributed by atoms with E-state index in [4.69, 9.17) is 10.5 Å². The SMILES string of the molecule is Cc1nc2ccc(NC(=O)C3(CN)CCOCC3)cc2[nH]1.Cl.Cl. The monoisotopic (exact) mass is 360 g/mol. The van der Waals surface area contributed by atoms with Crippen LogP contribution < -0.4 is 11.1 Å². The first-order valence-electron chi connectivity index (χ1n) is 7.19. The summed E-state index contributed by atoms with van der Waals surface area (Å²) in [6.45, 7) is 3.42. The average Bonchev–Trinajstić information content (AvgIpc) is 2.87. The minimum Gasteiger partial charge on any atom is -0.381 e. The molecular weight excluding hydrogens is 339 g/mol. The Labute approximate surface area is 147 Å². The largest absolute Gasteiger partial charge is 0.381 e. The van der Waals surface area contributed by atoms with Gasteiger partial charge in [0.15, 0.2) is 0 Å². The van der Waals surface area contributed by atoms with Gasteiger partial charge in [-0.2, -0.15) is 0 Å². The molecule has 1 aromatic heterocycles. The van der Waals surface area contributed by atoms with E-state index >= 15 is 0 Å². The third-order valence-electron chi connectivity index (χ3n) is 4.18. The number of aryl methyl sites for hydroxylation is 1. The van der Waals surface area contributed by atoms with Crippen LogP contribution in [0.1, 0.15) is 18.7 Å². The Balaban J connectivity index is 0.00000132. The number of benzene rings is 1. The molecule has 1 fully saturated rings. The number of H-pyrrole nitrogens is 1. The third-order valence-corrected chi connectivity index (χ3v) is 4.18. The van der Waals surface area contributed by atoms with Gasteiger partial charge in [-0.15, -0.1) is 24.8 Å². The van der Waals surface area contributed by atoms with Gasteiger partial charge in [-0.1, -0.05) is 0 Å². The molecule has 0 unspecified atom stereocenters. The molecule has 1 aliphatic rings. The Bertz CT molecular complexity index is 669. The van der Waals surface area contributed by atoms with Crippen LogP contribution in [0.25, 0.3) is 11.0 Å². The second-order valence-corrected chi connectivity index (χ2v) is 5.61. The van der Waals surface area contributed by atoms with Crippen LogP contribution in [0.2, 0.25) is 0 Å². The fraction of sp³-hybridized carbons (Fsp3) is 0.467. The number of nitrogens with one attached hydrogen (secondary N) is 2. The molecule has 23 heavy (non-hydrogen) atoms. The number of nitrogens with zero attached hydrogens (tertiary/aromatic N) is 1. The third kappa shape index (κ3) is 3.95. The van der Waals surface area contributed by atoms with E-state index in [0.717, 1.165) is 22.5 Å². The summed E-state index contributed by atoms with van der Waals surface area (Å²) in [6.07, 6.45) is 1.33. The van der Waals surface area contributed by atoms with Crippen molar-refractivity contribution in [2.75, 3.05) is 25.1 Å². The van der Waals surface area contributed by atoms with E-state index in [1.54, 1.807) is 0 Å². The summed E-state index contributed by atoms with van der Waals surface area (Å²) in [5.41, 5.74) is 7.91. The van der Waals surface area contributed by atoms with Gasteiger partial charge >= 0.3 is 0 Å². The van der Waals surface area contributed by atoms with Crippen molar-refractivity contribution in [3.63, 3.8) is 0 Å². The number of aromatic nitrogens is 2. The highest BCUT2D eigenvalue weighted by molar-refractivity contribution is 5.97. The van der Waals surface area contributed by atoms with Gasteiger partial charge in [-0.25, -0.2) is 4.98 Å². The standard InChI is InChI=1S/C15H20N4O2.2ClH/c1-10-17-12-3-2-11(8-13(12)18-10)19-14(20)15(9-16)4-6-21-7-5-15;;/h2-3,8H,4-7,9,16H2,1H3,(H,17,18)(H,19,20);2*1H. The van der Waals surface area contributed by atoms with Crippen molar-refractivity contribution in [3.05, 3.63) is 24.0 Å². The number of anilines is 1. The van der Waals surface area contributed by atoms with Crippen LogP contribution in [0.5, 0.6) is 0 Å². The molecule has 2 aromatic rings. The predicted molar refractivity (Wildman–Crippen MR) is 95.5 cm³/mol. The highest BCUT2D eigenvalue weighted by Crippen LogP contribution is 2.31. The number of hydrogen-bond acceptors (Lipinski definition) is 4. The Kier molecular flexibility index (Phi) is 6.83. The highest BCUT2D eigenvalue weighted by atomic mass is 35.5. The van der Waals surface area contributed by atoms with E-state index in [-0.39, 0.29) is 30.7 Å². The maximum absolute atomic E-state index is 12.6. The number of rotatable bonds is 3. The summed E-state index contributed by atoms with van der Waals surface area (Å²) in [7, 11) is 0. The van der Waals surface area contributed by atoms with E-state index in [0.29, 0.717) is 32.6 Å². The number of imidazole rings is 1. The summed E-state index contributed by atoms with van der Waals surface area (Å²) in [6, 6.07) is 5.66. The summed E-state index contributed by atoms with van der Waals surface area (Å²) in [5, 5.41) is 2.98. The number of halogens is 2. The second kappa shape index (κ2) is 7.97. The molecule has 2 heterocycles. The minimum atomic E-state index is -0.517. The molecule has 6 nitrogen and oxygen atoms in total. The molecule has 1 saturated heterocycles. The summed E-state index contributed by atoms with van der Waals surface area (Å²) >= 11 is 0. The molecule has 8 heteroatoms. The first-order valence-corrected chi connectivity index (χ1v) is 7.19. The van der Waals surface area contributed by atoms with Crippen molar-refractivity contribution in [2.24, 2.45) is 11.1 Å². The zero-order valence-corrected chi connectivity index (χ0v) is 14.6. The maximum Gasteiger partial charge on any atom is 0.232 e. The number of hydrogen-bond donors (Lipinski definition) is 3.